The number of aliphatic hydroxyl groups excluding tert-OH is 1. The van der Waals surface area contributed by atoms with Gasteiger partial charge in [0.25, 0.3) is 0 Å². The SMILES string of the molecule is C=C(c1ccc(C#Cc2ccc(F)cc2F)cc1)N1CCC(O)CC1. The van der Waals surface area contributed by atoms with Crippen LogP contribution in [0, 0.1) is 23.5 Å². The van der Waals surface area contributed by atoms with Crippen LogP contribution in [0.1, 0.15) is 29.5 Å². The van der Waals surface area contributed by atoms with Crippen LogP contribution < -0.4 is 0 Å². The van der Waals surface area contributed by atoms with Crippen LogP contribution in [0.15, 0.2) is 49.0 Å². The minimum atomic E-state index is -0.662. The van der Waals surface area contributed by atoms with Gasteiger partial charge >= 0.3 is 0 Å². The fraction of sp³-hybridized carbons (Fsp3) is 0.238. The molecule has 3 rings (SSSR count). The maximum absolute atomic E-state index is 13.6. The van der Waals surface area contributed by atoms with E-state index in [2.05, 4.69) is 23.3 Å². The first-order chi connectivity index (χ1) is 12.0. The van der Waals surface area contributed by atoms with Crippen molar-refractivity contribution >= 4 is 5.70 Å². The highest BCUT2D eigenvalue weighted by atomic mass is 19.1. The van der Waals surface area contributed by atoms with Crippen LogP contribution in [0.25, 0.3) is 5.70 Å². The molecular formula is C21H19F2NO. The lowest BCUT2D eigenvalue weighted by molar-refractivity contribution is 0.106. The zero-order valence-electron chi connectivity index (χ0n) is 13.8. The number of rotatable bonds is 2. The molecule has 0 atom stereocenters. The molecule has 1 aliphatic rings. The second-order valence-electron chi connectivity index (χ2n) is 6.12. The summed E-state index contributed by atoms with van der Waals surface area (Å²) in [6.45, 7) is 5.73. The number of hydrogen-bond donors (Lipinski definition) is 1. The van der Waals surface area contributed by atoms with Crippen molar-refractivity contribution in [1.29, 1.82) is 0 Å². The normalized spacial score (nSPS) is 14.8. The highest BCUT2D eigenvalue weighted by molar-refractivity contribution is 5.63. The second kappa shape index (κ2) is 7.50. The molecule has 1 heterocycles. The number of aliphatic hydroxyl groups is 1. The number of nitrogens with zero attached hydrogens (tertiary/aromatic N) is 1. The zero-order valence-corrected chi connectivity index (χ0v) is 13.8. The summed E-state index contributed by atoms with van der Waals surface area (Å²) >= 11 is 0. The van der Waals surface area contributed by atoms with Gasteiger partial charge in [-0.25, -0.2) is 8.78 Å². The van der Waals surface area contributed by atoms with Gasteiger partial charge in [0.15, 0.2) is 0 Å². The molecule has 1 fully saturated rings. The lowest BCUT2D eigenvalue weighted by atomic mass is 10.0. The van der Waals surface area contributed by atoms with Gasteiger partial charge in [0.2, 0.25) is 0 Å². The maximum Gasteiger partial charge on any atom is 0.141 e. The van der Waals surface area contributed by atoms with E-state index in [9.17, 15) is 13.9 Å². The van der Waals surface area contributed by atoms with Gasteiger partial charge in [-0.2, -0.15) is 0 Å². The summed E-state index contributed by atoms with van der Waals surface area (Å²) in [7, 11) is 0. The fourth-order valence-electron chi connectivity index (χ4n) is 2.79. The van der Waals surface area contributed by atoms with Gasteiger partial charge in [-0.05, 0) is 42.7 Å². The van der Waals surface area contributed by atoms with Gasteiger partial charge < -0.3 is 10.0 Å². The molecule has 1 saturated heterocycles. The van der Waals surface area contributed by atoms with E-state index < -0.39 is 11.6 Å². The molecular weight excluding hydrogens is 320 g/mol. The Bertz CT molecular complexity index is 825. The van der Waals surface area contributed by atoms with Crippen LogP contribution in [0.5, 0.6) is 0 Å². The third kappa shape index (κ3) is 4.26. The molecule has 1 aliphatic heterocycles. The van der Waals surface area contributed by atoms with Gasteiger partial charge in [0, 0.05) is 30.4 Å². The Balaban J connectivity index is 1.70. The molecule has 0 saturated carbocycles. The first-order valence-electron chi connectivity index (χ1n) is 8.22. The van der Waals surface area contributed by atoms with Crippen molar-refractivity contribution in [1.82, 2.24) is 4.90 Å². The van der Waals surface area contributed by atoms with Crippen LogP contribution in [-0.2, 0) is 0 Å². The Morgan fingerprint density at radius 2 is 1.72 bits per heavy atom. The number of hydrogen-bond acceptors (Lipinski definition) is 2. The highest BCUT2D eigenvalue weighted by Gasteiger charge is 2.18. The largest absolute Gasteiger partial charge is 0.393 e. The molecule has 2 aromatic carbocycles. The van der Waals surface area contributed by atoms with Crippen LogP contribution >= 0.6 is 0 Å². The zero-order chi connectivity index (χ0) is 17.8. The third-order valence-electron chi connectivity index (χ3n) is 4.34. The van der Waals surface area contributed by atoms with Crippen molar-refractivity contribution in [2.75, 3.05) is 13.1 Å². The maximum atomic E-state index is 13.6. The van der Waals surface area contributed by atoms with E-state index in [0.717, 1.165) is 48.8 Å². The first kappa shape index (κ1) is 17.2. The van der Waals surface area contributed by atoms with Gasteiger partial charge in [-0.3, -0.25) is 0 Å². The average Bonchev–Trinajstić information content (AvgIpc) is 2.61. The number of likely N-dealkylation sites (tertiary alicyclic amines) is 1. The van der Waals surface area contributed by atoms with Crippen LogP contribution in [0.4, 0.5) is 8.78 Å². The molecule has 0 aromatic heterocycles. The Morgan fingerprint density at radius 1 is 1.04 bits per heavy atom. The van der Waals surface area contributed by atoms with Gasteiger partial charge in [0.05, 0.1) is 11.7 Å². The molecule has 128 valence electrons. The molecule has 25 heavy (non-hydrogen) atoms. The predicted molar refractivity (Wildman–Crippen MR) is 94.6 cm³/mol. The summed E-state index contributed by atoms with van der Waals surface area (Å²) in [6.07, 6.45) is 1.30. The van der Waals surface area contributed by atoms with Crippen molar-refractivity contribution < 1.29 is 13.9 Å². The summed E-state index contributed by atoms with van der Waals surface area (Å²) in [5.41, 5.74) is 2.84. The van der Waals surface area contributed by atoms with Crippen LogP contribution in [0.2, 0.25) is 0 Å². The molecule has 0 amide bonds. The first-order valence-corrected chi connectivity index (χ1v) is 8.22. The third-order valence-corrected chi connectivity index (χ3v) is 4.34. The van der Waals surface area contributed by atoms with E-state index in [4.69, 9.17) is 0 Å². The number of halogens is 2. The molecule has 0 aliphatic carbocycles. The quantitative estimate of drug-likeness (QED) is 0.842. The highest BCUT2D eigenvalue weighted by Crippen LogP contribution is 2.22. The van der Waals surface area contributed by atoms with Gasteiger partial charge in [0.1, 0.15) is 11.6 Å². The summed E-state index contributed by atoms with van der Waals surface area (Å²) in [4.78, 5) is 2.17. The topological polar surface area (TPSA) is 23.5 Å². The molecule has 2 nitrogen and oxygen atoms in total. The lowest BCUT2D eigenvalue weighted by Gasteiger charge is -2.33. The Hall–Kier alpha value is -2.64. The van der Waals surface area contributed by atoms with Crippen LogP contribution in [0.3, 0.4) is 0 Å². The summed E-state index contributed by atoms with van der Waals surface area (Å²) < 4.78 is 26.5. The minimum Gasteiger partial charge on any atom is -0.393 e. The van der Waals surface area contributed by atoms with E-state index in [1.165, 1.54) is 12.1 Å². The van der Waals surface area contributed by atoms with Crippen molar-refractivity contribution in [3.8, 4) is 11.8 Å². The van der Waals surface area contributed by atoms with E-state index in [-0.39, 0.29) is 11.7 Å². The van der Waals surface area contributed by atoms with Gasteiger partial charge in [-0.15, -0.1) is 0 Å². The summed E-state index contributed by atoms with van der Waals surface area (Å²) in [5, 5.41) is 9.58. The standard InChI is InChI=1S/C21H19F2NO/c1-15(24-12-10-20(25)11-13-24)17-5-2-16(3-6-17)4-7-18-8-9-19(22)14-21(18)23/h2-3,5-6,8-9,14,20,25H,1,10-13H2. The fourth-order valence-corrected chi connectivity index (χ4v) is 2.79. The minimum absolute atomic E-state index is 0.168. The van der Waals surface area contributed by atoms with E-state index >= 15 is 0 Å². The number of piperidine rings is 1. The van der Waals surface area contributed by atoms with Crippen molar-refractivity contribution in [3.05, 3.63) is 77.4 Å². The van der Waals surface area contributed by atoms with E-state index in [0.29, 0.717) is 0 Å². The van der Waals surface area contributed by atoms with Crippen LogP contribution in [-0.4, -0.2) is 29.2 Å². The molecule has 0 bridgehead atoms. The molecule has 0 radical (unpaired) electrons. The summed E-state index contributed by atoms with van der Waals surface area (Å²) in [6, 6.07) is 10.9. The van der Waals surface area contributed by atoms with E-state index in [1.54, 1.807) is 0 Å². The Labute approximate surface area is 146 Å². The Kier molecular flexibility index (Phi) is 5.16. The monoisotopic (exact) mass is 339 g/mol. The molecule has 4 heteroatoms. The smallest absolute Gasteiger partial charge is 0.141 e. The van der Waals surface area contributed by atoms with E-state index in [1.807, 2.05) is 24.3 Å². The predicted octanol–water partition coefficient (Wildman–Crippen LogP) is 3.79. The molecule has 2 aromatic rings. The molecule has 0 spiro atoms. The van der Waals surface area contributed by atoms with Crippen molar-refractivity contribution in [2.45, 2.75) is 18.9 Å². The lowest BCUT2D eigenvalue weighted by Crippen LogP contribution is -2.34. The number of benzene rings is 2. The Morgan fingerprint density at radius 3 is 2.36 bits per heavy atom. The van der Waals surface area contributed by atoms with Gasteiger partial charge in [-0.1, -0.05) is 30.6 Å². The molecule has 0 unspecified atom stereocenters. The summed E-state index contributed by atoms with van der Waals surface area (Å²) in [5.74, 6) is 4.33. The van der Waals surface area contributed by atoms with Crippen molar-refractivity contribution in [3.63, 3.8) is 0 Å². The molecule has 1 N–H and O–H groups in total. The second-order valence-corrected chi connectivity index (χ2v) is 6.12. The average molecular weight is 339 g/mol. The van der Waals surface area contributed by atoms with Crippen molar-refractivity contribution in [2.24, 2.45) is 0 Å².